The molecule has 0 aliphatic rings. The summed E-state index contributed by atoms with van der Waals surface area (Å²) in [4.78, 5) is 0. The van der Waals surface area contributed by atoms with Gasteiger partial charge in [0.15, 0.2) is 0 Å². The van der Waals surface area contributed by atoms with Crippen LogP contribution in [0.25, 0.3) is 33.7 Å². The van der Waals surface area contributed by atoms with Crippen molar-refractivity contribution in [3.63, 3.8) is 0 Å². The van der Waals surface area contributed by atoms with Crippen LogP contribution in [0.2, 0.25) is 0 Å². The maximum atomic E-state index is 3.74. The van der Waals surface area contributed by atoms with Crippen LogP contribution in [0.15, 0.2) is 98.1 Å². The van der Waals surface area contributed by atoms with E-state index in [1.807, 2.05) is 12.2 Å². The van der Waals surface area contributed by atoms with Crippen molar-refractivity contribution in [3.05, 3.63) is 109 Å². The fourth-order valence-corrected chi connectivity index (χ4v) is 2.67. The highest BCUT2D eigenvalue weighted by atomic mass is 14.0. The smallest absolute Gasteiger partial charge is 0.0178 e. The van der Waals surface area contributed by atoms with Gasteiger partial charge in [-0.3, -0.25) is 0 Å². The molecule has 0 bridgehead atoms. The summed E-state index contributed by atoms with van der Waals surface area (Å²) in [5.41, 5.74) is 2.35. The van der Waals surface area contributed by atoms with Crippen LogP contribution in [-0.4, -0.2) is 0 Å². The van der Waals surface area contributed by atoms with E-state index in [-0.39, 0.29) is 0 Å². The maximum absolute atomic E-state index is 3.74. The number of benzene rings is 4. The van der Waals surface area contributed by atoms with E-state index in [0.717, 1.165) is 0 Å². The summed E-state index contributed by atoms with van der Waals surface area (Å²) in [6, 6.07) is 29.3. The molecule has 116 valence electrons. The van der Waals surface area contributed by atoms with Crippen LogP contribution < -0.4 is 0 Å². The van der Waals surface area contributed by atoms with Crippen molar-refractivity contribution in [1.29, 1.82) is 0 Å². The first-order chi connectivity index (χ1) is 11.8. The molecular formula is C24H20. The molecule has 0 nitrogen and oxygen atoms in total. The minimum absolute atomic E-state index is 1.17. The third kappa shape index (κ3) is 3.61. The van der Waals surface area contributed by atoms with Crippen LogP contribution in [0.3, 0.4) is 0 Å². The predicted molar refractivity (Wildman–Crippen MR) is 108 cm³/mol. The molecule has 4 rings (SSSR count). The third-order valence-electron chi connectivity index (χ3n) is 4.02. The van der Waals surface area contributed by atoms with E-state index in [1.54, 1.807) is 0 Å². The number of rotatable bonds is 2. The van der Waals surface area contributed by atoms with Gasteiger partial charge in [0, 0.05) is 0 Å². The highest BCUT2D eigenvalue weighted by Crippen LogP contribution is 2.16. The van der Waals surface area contributed by atoms with Crippen molar-refractivity contribution in [1.82, 2.24) is 0 Å². The molecule has 0 heteroatoms. The monoisotopic (exact) mass is 308 g/mol. The van der Waals surface area contributed by atoms with E-state index in [0.29, 0.717) is 0 Å². The Morgan fingerprint density at radius 1 is 0.458 bits per heavy atom. The second kappa shape index (κ2) is 7.43. The zero-order chi connectivity index (χ0) is 16.8. The van der Waals surface area contributed by atoms with Gasteiger partial charge in [0.25, 0.3) is 0 Å². The van der Waals surface area contributed by atoms with Crippen molar-refractivity contribution in [2.45, 2.75) is 0 Å². The van der Waals surface area contributed by atoms with E-state index in [1.165, 1.54) is 32.7 Å². The minimum Gasteiger partial charge on any atom is -0.0985 e. The fourth-order valence-electron chi connectivity index (χ4n) is 2.67. The van der Waals surface area contributed by atoms with Gasteiger partial charge in [-0.15, -0.1) is 0 Å². The molecule has 24 heavy (non-hydrogen) atoms. The van der Waals surface area contributed by atoms with Gasteiger partial charge in [0.1, 0.15) is 0 Å². The van der Waals surface area contributed by atoms with Gasteiger partial charge in [-0.1, -0.05) is 98.1 Å². The summed E-state index contributed by atoms with van der Waals surface area (Å²) in [7, 11) is 0. The molecule has 0 aromatic heterocycles. The Morgan fingerprint density at radius 2 is 0.833 bits per heavy atom. The minimum atomic E-state index is 1.17. The van der Waals surface area contributed by atoms with Crippen LogP contribution in [0.4, 0.5) is 0 Å². The normalized spacial score (nSPS) is 10.0. The van der Waals surface area contributed by atoms with Gasteiger partial charge in [-0.25, -0.2) is 0 Å². The summed E-state index contributed by atoms with van der Waals surface area (Å²) >= 11 is 0. The Hall–Kier alpha value is -3.12. The quantitative estimate of drug-likeness (QED) is 0.375. The highest BCUT2D eigenvalue weighted by molar-refractivity contribution is 5.85. The summed E-state index contributed by atoms with van der Waals surface area (Å²) in [5, 5.41) is 5.11. The molecule has 0 heterocycles. The predicted octanol–water partition coefficient (Wildman–Crippen LogP) is 6.97. The molecule has 0 aliphatic heterocycles. The van der Waals surface area contributed by atoms with Gasteiger partial charge in [-0.05, 0) is 44.8 Å². The standard InChI is InChI=1S/2C12H10/c2*1-2-10-7-8-11-5-3-4-6-12(11)9-10/h2*2-9H,1H2. The average molecular weight is 308 g/mol. The highest BCUT2D eigenvalue weighted by Gasteiger charge is 1.91. The Labute approximate surface area is 143 Å². The maximum Gasteiger partial charge on any atom is -0.0178 e. The van der Waals surface area contributed by atoms with E-state index < -0.39 is 0 Å². The lowest BCUT2D eigenvalue weighted by Gasteiger charge is -1.97. The SMILES string of the molecule is C=Cc1ccc2ccccc2c1.C=Cc1ccc2ccccc2c1. The third-order valence-corrected chi connectivity index (χ3v) is 4.02. The zero-order valence-corrected chi connectivity index (χ0v) is 13.7. The summed E-state index contributed by atoms with van der Waals surface area (Å²) in [6.07, 6.45) is 3.74. The molecule has 0 spiro atoms. The summed E-state index contributed by atoms with van der Waals surface area (Å²) in [6.45, 7) is 7.48. The van der Waals surface area contributed by atoms with E-state index in [9.17, 15) is 0 Å². The lowest BCUT2D eigenvalue weighted by Crippen LogP contribution is -1.73. The van der Waals surface area contributed by atoms with Crippen molar-refractivity contribution < 1.29 is 0 Å². The average Bonchev–Trinajstić information content (AvgIpc) is 2.67. The van der Waals surface area contributed by atoms with Crippen LogP contribution in [-0.2, 0) is 0 Å². The van der Waals surface area contributed by atoms with E-state index in [2.05, 4.69) is 98.1 Å². The first kappa shape index (κ1) is 15.8. The number of fused-ring (bicyclic) bond motifs is 2. The Kier molecular flexibility index (Phi) is 4.88. The van der Waals surface area contributed by atoms with Gasteiger partial charge < -0.3 is 0 Å². The van der Waals surface area contributed by atoms with Crippen LogP contribution >= 0.6 is 0 Å². The topological polar surface area (TPSA) is 0 Å². The Morgan fingerprint density at radius 3 is 1.21 bits per heavy atom. The molecule has 0 N–H and O–H groups in total. The first-order valence-corrected chi connectivity index (χ1v) is 8.02. The van der Waals surface area contributed by atoms with E-state index >= 15 is 0 Å². The van der Waals surface area contributed by atoms with Gasteiger partial charge in [-0.2, -0.15) is 0 Å². The molecule has 4 aromatic rings. The van der Waals surface area contributed by atoms with Gasteiger partial charge >= 0.3 is 0 Å². The summed E-state index contributed by atoms with van der Waals surface area (Å²) in [5.74, 6) is 0. The molecule has 0 atom stereocenters. The van der Waals surface area contributed by atoms with Crippen molar-refractivity contribution in [2.24, 2.45) is 0 Å². The number of hydrogen-bond donors (Lipinski definition) is 0. The van der Waals surface area contributed by atoms with E-state index in [4.69, 9.17) is 0 Å². The number of hydrogen-bond acceptors (Lipinski definition) is 0. The van der Waals surface area contributed by atoms with Crippen LogP contribution in [0, 0.1) is 0 Å². The second-order valence-electron chi connectivity index (χ2n) is 5.62. The van der Waals surface area contributed by atoms with Crippen LogP contribution in [0.5, 0.6) is 0 Å². The zero-order valence-electron chi connectivity index (χ0n) is 13.7. The molecule has 0 saturated carbocycles. The van der Waals surface area contributed by atoms with Crippen molar-refractivity contribution >= 4 is 33.7 Å². The second-order valence-corrected chi connectivity index (χ2v) is 5.62. The molecule has 0 amide bonds. The molecule has 0 radical (unpaired) electrons. The lowest BCUT2D eigenvalue weighted by atomic mass is 10.1. The molecular weight excluding hydrogens is 288 g/mol. The largest absolute Gasteiger partial charge is 0.0985 e. The van der Waals surface area contributed by atoms with Gasteiger partial charge in [0.2, 0.25) is 0 Å². The summed E-state index contributed by atoms with van der Waals surface area (Å²) < 4.78 is 0. The Balaban J connectivity index is 0.000000141. The molecule has 4 aromatic carbocycles. The lowest BCUT2D eigenvalue weighted by molar-refractivity contribution is 1.71. The Bertz CT molecular complexity index is 909. The van der Waals surface area contributed by atoms with Crippen molar-refractivity contribution in [3.8, 4) is 0 Å². The fraction of sp³-hybridized carbons (Fsp3) is 0. The van der Waals surface area contributed by atoms with Crippen molar-refractivity contribution in [2.75, 3.05) is 0 Å². The van der Waals surface area contributed by atoms with Crippen LogP contribution in [0.1, 0.15) is 11.1 Å². The molecule has 0 fully saturated rings. The molecule has 0 unspecified atom stereocenters. The molecule has 0 aliphatic carbocycles. The molecule has 0 saturated heterocycles. The first-order valence-electron chi connectivity index (χ1n) is 8.02. The van der Waals surface area contributed by atoms with Gasteiger partial charge in [0.05, 0.1) is 0 Å².